The Balaban J connectivity index is 1.78. The predicted octanol–water partition coefficient (Wildman–Crippen LogP) is 2.78. The minimum atomic E-state index is 0.208. The molecule has 0 saturated carbocycles. The van der Waals surface area contributed by atoms with Gasteiger partial charge in [-0.25, -0.2) is 0 Å². The van der Waals surface area contributed by atoms with Crippen molar-refractivity contribution in [3.8, 4) is 0 Å². The van der Waals surface area contributed by atoms with Gasteiger partial charge in [0.05, 0.1) is 45.3 Å². The first kappa shape index (κ1) is 18.2. The number of hydrogen-bond donors (Lipinski definition) is 1. The van der Waals surface area contributed by atoms with Crippen molar-refractivity contribution < 1.29 is 18.6 Å². The first-order valence-electron chi connectivity index (χ1n) is 7.84. The van der Waals surface area contributed by atoms with Crippen LogP contribution in [-0.2, 0) is 14.2 Å². The highest BCUT2D eigenvalue weighted by Crippen LogP contribution is 2.11. The molecule has 5 heteroatoms. The first-order chi connectivity index (χ1) is 10.3. The van der Waals surface area contributed by atoms with Crippen molar-refractivity contribution in [2.24, 2.45) is 0 Å². The average molecular weight is 299 g/mol. The molecule has 0 saturated heterocycles. The summed E-state index contributed by atoms with van der Waals surface area (Å²) in [4.78, 5) is 0. The molecular weight excluding hydrogens is 270 g/mol. The molecule has 0 aliphatic rings. The molecule has 21 heavy (non-hydrogen) atoms. The van der Waals surface area contributed by atoms with Gasteiger partial charge in [0.25, 0.3) is 0 Å². The van der Waals surface area contributed by atoms with Crippen LogP contribution in [0.1, 0.15) is 38.5 Å². The van der Waals surface area contributed by atoms with Gasteiger partial charge in [0, 0.05) is 13.2 Å². The Morgan fingerprint density at radius 2 is 1.71 bits per heavy atom. The molecule has 0 radical (unpaired) electrons. The van der Waals surface area contributed by atoms with Gasteiger partial charge in [0.1, 0.15) is 5.76 Å². The van der Waals surface area contributed by atoms with E-state index < -0.39 is 0 Å². The molecule has 0 fully saturated rings. The molecule has 0 unspecified atom stereocenters. The molecule has 0 aromatic carbocycles. The van der Waals surface area contributed by atoms with E-state index in [1.165, 1.54) is 6.42 Å². The fourth-order valence-electron chi connectivity index (χ4n) is 1.77. The third-order valence-corrected chi connectivity index (χ3v) is 3.05. The van der Waals surface area contributed by atoms with Gasteiger partial charge < -0.3 is 23.9 Å². The van der Waals surface area contributed by atoms with Crippen molar-refractivity contribution in [2.45, 2.75) is 32.7 Å². The van der Waals surface area contributed by atoms with Gasteiger partial charge in [-0.05, 0) is 25.5 Å². The van der Waals surface area contributed by atoms with Crippen LogP contribution in [0.2, 0.25) is 0 Å². The van der Waals surface area contributed by atoms with Crippen molar-refractivity contribution in [3.63, 3.8) is 0 Å². The Kier molecular flexibility index (Phi) is 11.1. The summed E-state index contributed by atoms with van der Waals surface area (Å²) in [5, 5.41) is 3.34. The highest BCUT2D eigenvalue weighted by Gasteiger charge is 2.05. The number of unbranched alkanes of at least 4 members (excludes halogenated alkanes) is 1. The third kappa shape index (κ3) is 9.63. The van der Waals surface area contributed by atoms with E-state index in [9.17, 15) is 0 Å². The standard InChI is InChI=1S/C16H29NO4/c1-3-4-8-18-11-13-20-14-12-19-10-7-17-15(2)16-6-5-9-21-16/h5-6,9,15,17H,3-4,7-8,10-14H2,1-2H3/t15-/m0/s1. The predicted molar refractivity (Wildman–Crippen MR) is 82.5 cm³/mol. The Morgan fingerprint density at radius 1 is 1.05 bits per heavy atom. The number of furan rings is 1. The van der Waals surface area contributed by atoms with E-state index in [1.54, 1.807) is 6.26 Å². The van der Waals surface area contributed by atoms with Crippen LogP contribution >= 0.6 is 0 Å². The zero-order valence-corrected chi connectivity index (χ0v) is 13.3. The SMILES string of the molecule is CCCCOCCOCCOCCN[C@@H](C)c1ccco1. The molecule has 0 aliphatic carbocycles. The van der Waals surface area contributed by atoms with Gasteiger partial charge in [-0.3, -0.25) is 0 Å². The van der Waals surface area contributed by atoms with Crippen LogP contribution in [0, 0.1) is 0 Å². The number of hydrogen-bond acceptors (Lipinski definition) is 5. The van der Waals surface area contributed by atoms with Crippen molar-refractivity contribution in [2.75, 3.05) is 46.2 Å². The van der Waals surface area contributed by atoms with Crippen LogP contribution in [-0.4, -0.2) is 46.2 Å². The molecule has 1 aromatic heterocycles. The Hall–Kier alpha value is -0.880. The fourth-order valence-corrected chi connectivity index (χ4v) is 1.77. The topological polar surface area (TPSA) is 52.9 Å². The van der Waals surface area contributed by atoms with E-state index in [0.29, 0.717) is 33.0 Å². The lowest BCUT2D eigenvalue weighted by Gasteiger charge is -2.11. The molecule has 1 heterocycles. The summed E-state index contributed by atoms with van der Waals surface area (Å²) in [6.07, 6.45) is 3.97. The fraction of sp³-hybridized carbons (Fsp3) is 0.750. The first-order valence-corrected chi connectivity index (χ1v) is 7.84. The zero-order valence-electron chi connectivity index (χ0n) is 13.3. The van der Waals surface area contributed by atoms with Crippen molar-refractivity contribution in [1.82, 2.24) is 5.32 Å². The van der Waals surface area contributed by atoms with Crippen LogP contribution in [0.25, 0.3) is 0 Å². The highest BCUT2D eigenvalue weighted by molar-refractivity contribution is 5.02. The van der Waals surface area contributed by atoms with Crippen molar-refractivity contribution >= 4 is 0 Å². The Labute approximate surface area is 127 Å². The van der Waals surface area contributed by atoms with E-state index in [1.807, 2.05) is 12.1 Å². The highest BCUT2D eigenvalue weighted by atomic mass is 16.5. The molecule has 1 aromatic rings. The van der Waals surface area contributed by atoms with Gasteiger partial charge in [-0.1, -0.05) is 13.3 Å². The van der Waals surface area contributed by atoms with Crippen LogP contribution in [0.4, 0.5) is 0 Å². The smallest absolute Gasteiger partial charge is 0.120 e. The zero-order chi connectivity index (χ0) is 15.2. The molecule has 1 rings (SSSR count). The Morgan fingerprint density at radius 3 is 2.33 bits per heavy atom. The van der Waals surface area contributed by atoms with E-state index in [-0.39, 0.29) is 6.04 Å². The minimum absolute atomic E-state index is 0.208. The number of nitrogens with one attached hydrogen (secondary N) is 1. The molecule has 1 atom stereocenters. The monoisotopic (exact) mass is 299 g/mol. The lowest BCUT2D eigenvalue weighted by molar-refractivity contribution is 0.0144. The lowest BCUT2D eigenvalue weighted by atomic mass is 10.2. The van der Waals surface area contributed by atoms with Gasteiger partial charge in [0.2, 0.25) is 0 Å². The molecule has 1 N–H and O–H groups in total. The van der Waals surface area contributed by atoms with E-state index in [0.717, 1.165) is 25.3 Å². The quantitative estimate of drug-likeness (QED) is 0.535. The van der Waals surface area contributed by atoms with E-state index >= 15 is 0 Å². The second kappa shape index (κ2) is 12.8. The second-order valence-corrected chi connectivity index (χ2v) is 4.88. The Bertz CT molecular complexity index is 316. The van der Waals surface area contributed by atoms with Gasteiger partial charge in [-0.2, -0.15) is 0 Å². The summed E-state index contributed by atoms with van der Waals surface area (Å²) in [6, 6.07) is 4.07. The lowest BCUT2D eigenvalue weighted by Crippen LogP contribution is -2.23. The average Bonchev–Trinajstić information content (AvgIpc) is 3.02. The second-order valence-electron chi connectivity index (χ2n) is 4.88. The normalized spacial score (nSPS) is 12.7. The van der Waals surface area contributed by atoms with Crippen LogP contribution in [0.5, 0.6) is 0 Å². The number of rotatable bonds is 14. The summed E-state index contributed by atoms with van der Waals surface area (Å²) in [5.41, 5.74) is 0. The molecule has 0 spiro atoms. The van der Waals surface area contributed by atoms with Crippen LogP contribution in [0.15, 0.2) is 22.8 Å². The van der Waals surface area contributed by atoms with Gasteiger partial charge in [-0.15, -0.1) is 0 Å². The number of ether oxygens (including phenoxy) is 3. The van der Waals surface area contributed by atoms with E-state index in [2.05, 4.69) is 19.2 Å². The molecule has 0 amide bonds. The third-order valence-electron chi connectivity index (χ3n) is 3.05. The summed E-state index contributed by atoms with van der Waals surface area (Å²) in [7, 11) is 0. The largest absolute Gasteiger partial charge is 0.468 e. The molecule has 122 valence electrons. The maximum Gasteiger partial charge on any atom is 0.120 e. The van der Waals surface area contributed by atoms with Crippen LogP contribution < -0.4 is 5.32 Å². The maximum absolute atomic E-state index is 5.49. The molecular formula is C16H29NO4. The summed E-state index contributed by atoms with van der Waals surface area (Å²) >= 11 is 0. The summed E-state index contributed by atoms with van der Waals surface area (Å²) < 4.78 is 21.6. The van der Waals surface area contributed by atoms with Gasteiger partial charge in [0.15, 0.2) is 0 Å². The maximum atomic E-state index is 5.49. The summed E-state index contributed by atoms with van der Waals surface area (Å²) in [6.45, 7) is 9.06. The van der Waals surface area contributed by atoms with Gasteiger partial charge >= 0.3 is 0 Å². The minimum Gasteiger partial charge on any atom is -0.468 e. The summed E-state index contributed by atoms with van der Waals surface area (Å²) in [5.74, 6) is 0.946. The molecule has 0 aliphatic heterocycles. The molecule has 0 bridgehead atoms. The van der Waals surface area contributed by atoms with Crippen molar-refractivity contribution in [1.29, 1.82) is 0 Å². The molecule has 5 nitrogen and oxygen atoms in total. The van der Waals surface area contributed by atoms with E-state index in [4.69, 9.17) is 18.6 Å². The van der Waals surface area contributed by atoms with Crippen molar-refractivity contribution in [3.05, 3.63) is 24.2 Å². The van der Waals surface area contributed by atoms with Crippen LogP contribution in [0.3, 0.4) is 0 Å².